The van der Waals surface area contributed by atoms with E-state index < -0.39 is 21.3 Å². The number of allylic oxidation sites excluding steroid dienone is 1. The number of unbranched alkanes of at least 4 members (excludes halogenated alkanes) is 1. The molecule has 26 heavy (non-hydrogen) atoms. The molecular formula is C20H30F3NOSi. The van der Waals surface area contributed by atoms with Crippen LogP contribution in [0.25, 0.3) is 0 Å². The van der Waals surface area contributed by atoms with Crippen LogP contribution in [0, 0.1) is 0 Å². The van der Waals surface area contributed by atoms with E-state index in [0.717, 1.165) is 50.5 Å². The van der Waals surface area contributed by atoms with Crippen LogP contribution in [0.1, 0.15) is 38.7 Å². The van der Waals surface area contributed by atoms with E-state index in [9.17, 15) is 13.2 Å². The van der Waals surface area contributed by atoms with Gasteiger partial charge in [-0.15, -0.1) is 6.58 Å². The number of alkyl halides is 3. The van der Waals surface area contributed by atoms with Crippen molar-refractivity contribution < 1.29 is 17.9 Å². The van der Waals surface area contributed by atoms with E-state index in [2.05, 4.69) is 25.3 Å². The lowest BCUT2D eigenvalue weighted by molar-refractivity contribution is -0.136. The first kappa shape index (κ1) is 21.2. The molecule has 1 aliphatic heterocycles. The molecule has 0 radical (unpaired) electrons. The summed E-state index contributed by atoms with van der Waals surface area (Å²) in [5.74, 6) is 0. The van der Waals surface area contributed by atoms with Gasteiger partial charge in [-0.05, 0) is 45.7 Å². The molecule has 1 aromatic carbocycles. The fraction of sp³-hybridized carbons (Fsp3) is 0.600. The molecule has 1 saturated heterocycles. The molecule has 1 heterocycles. The minimum atomic E-state index is -4.25. The highest BCUT2D eigenvalue weighted by molar-refractivity contribution is 6.54. The number of rotatable bonds is 8. The normalized spacial score (nSPS) is 22.2. The predicted octanol–water partition coefficient (Wildman–Crippen LogP) is 3.75. The molecule has 2 nitrogen and oxygen atoms in total. The highest BCUT2D eigenvalue weighted by Gasteiger charge is 2.32. The molecular weight excluding hydrogens is 355 g/mol. The van der Waals surface area contributed by atoms with Gasteiger partial charge in [0.25, 0.3) is 0 Å². The zero-order valence-corrected chi connectivity index (χ0v) is 17.2. The molecule has 0 spiro atoms. The van der Waals surface area contributed by atoms with Gasteiger partial charge in [0.05, 0.1) is 27.3 Å². The molecule has 2 unspecified atom stereocenters. The smallest absolute Gasteiger partial charge is 0.373 e. The lowest BCUT2D eigenvalue weighted by Crippen LogP contribution is -2.45. The van der Waals surface area contributed by atoms with E-state index >= 15 is 0 Å². The van der Waals surface area contributed by atoms with Gasteiger partial charge in [-0.1, -0.05) is 35.0 Å². The van der Waals surface area contributed by atoms with Crippen LogP contribution in [0.3, 0.4) is 0 Å². The lowest BCUT2D eigenvalue weighted by Gasteiger charge is -2.35. The molecule has 2 rings (SSSR count). The number of halogens is 3. The van der Waals surface area contributed by atoms with Gasteiger partial charge >= 0.3 is 6.18 Å². The summed E-state index contributed by atoms with van der Waals surface area (Å²) in [7, 11) is -0.981. The fourth-order valence-corrected chi connectivity index (χ4v) is 5.39. The second kappa shape index (κ2) is 9.72. The summed E-state index contributed by atoms with van der Waals surface area (Å²) in [6.07, 6.45) is -0.622. The van der Waals surface area contributed by atoms with Crippen LogP contribution in [0.2, 0.25) is 6.04 Å². The van der Waals surface area contributed by atoms with Crippen LogP contribution < -0.4 is 5.19 Å². The van der Waals surface area contributed by atoms with E-state index in [4.69, 9.17) is 4.74 Å². The number of ether oxygens (including phenoxy) is 1. The van der Waals surface area contributed by atoms with Gasteiger partial charge in [0.15, 0.2) is 0 Å². The van der Waals surface area contributed by atoms with E-state index in [1.807, 2.05) is 0 Å². The van der Waals surface area contributed by atoms with Gasteiger partial charge in [0.1, 0.15) is 0 Å². The summed E-state index contributed by atoms with van der Waals surface area (Å²) in [5, 5.41) is 0.498. The molecule has 0 aromatic heterocycles. The summed E-state index contributed by atoms with van der Waals surface area (Å²) in [6, 6.07) is 6.73. The Morgan fingerprint density at radius 3 is 2.50 bits per heavy atom. The highest BCUT2D eigenvalue weighted by Crippen LogP contribution is 2.27. The summed E-state index contributed by atoms with van der Waals surface area (Å²) in [5.41, 5.74) is 0.632. The van der Waals surface area contributed by atoms with Crippen molar-refractivity contribution in [2.45, 2.75) is 57.5 Å². The van der Waals surface area contributed by atoms with Crippen molar-refractivity contribution in [2.75, 3.05) is 19.6 Å². The van der Waals surface area contributed by atoms with E-state index in [1.54, 1.807) is 12.1 Å². The maximum Gasteiger partial charge on any atom is 0.416 e. The van der Waals surface area contributed by atoms with Crippen molar-refractivity contribution in [3.8, 4) is 0 Å². The molecule has 1 aromatic rings. The van der Waals surface area contributed by atoms with Gasteiger partial charge < -0.3 is 4.74 Å². The number of benzene rings is 1. The van der Waals surface area contributed by atoms with Crippen LogP contribution in [-0.4, -0.2) is 46.3 Å². The second-order valence-corrected chi connectivity index (χ2v) is 9.14. The quantitative estimate of drug-likeness (QED) is 0.384. The van der Waals surface area contributed by atoms with Crippen molar-refractivity contribution in [1.82, 2.24) is 4.90 Å². The van der Waals surface area contributed by atoms with Crippen molar-refractivity contribution in [3.63, 3.8) is 0 Å². The molecule has 0 amide bonds. The minimum absolute atomic E-state index is 0.286. The number of morpholine rings is 1. The first-order chi connectivity index (χ1) is 12.3. The van der Waals surface area contributed by atoms with Gasteiger partial charge in [-0.3, -0.25) is 4.90 Å². The highest BCUT2D eigenvalue weighted by atomic mass is 28.2. The molecule has 0 saturated carbocycles. The lowest BCUT2D eigenvalue weighted by atomic mass is 10.1. The molecule has 0 N–H and O–H groups in total. The van der Waals surface area contributed by atoms with Crippen molar-refractivity contribution in [1.29, 1.82) is 0 Å². The van der Waals surface area contributed by atoms with Crippen molar-refractivity contribution >= 4 is 14.7 Å². The first-order valence-electron chi connectivity index (χ1n) is 9.45. The first-order valence-corrected chi connectivity index (χ1v) is 11.2. The Hall–Kier alpha value is -1.11. The van der Waals surface area contributed by atoms with Gasteiger partial charge in [0.2, 0.25) is 0 Å². The average molecular weight is 386 g/mol. The molecule has 1 fully saturated rings. The zero-order chi connectivity index (χ0) is 19.2. The van der Waals surface area contributed by atoms with Crippen LogP contribution in [0.5, 0.6) is 0 Å². The number of hydrogen-bond acceptors (Lipinski definition) is 2. The molecule has 146 valence electrons. The maximum absolute atomic E-state index is 13.0. The Morgan fingerprint density at radius 2 is 1.85 bits per heavy atom. The maximum atomic E-state index is 13.0. The average Bonchev–Trinajstić information content (AvgIpc) is 2.55. The van der Waals surface area contributed by atoms with Crippen LogP contribution >= 0.6 is 0 Å². The van der Waals surface area contributed by atoms with Gasteiger partial charge in [-0.25, -0.2) is 0 Å². The van der Waals surface area contributed by atoms with Gasteiger partial charge in [-0.2, -0.15) is 13.2 Å². The molecule has 0 bridgehead atoms. The predicted molar refractivity (Wildman–Crippen MR) is 104 cm³/mol. The van der Waals surface area contributed by atoms with Crippen LogP contribution in [0.15, 0.2) is 36.4 Å². The Balaban J connectivity index is 1.68. The van der Waals surface area contributed by atoms with Crippen LogP contribution in [0.4, 0.5) is 13.2 Å². The van der Waals surface area contributed by atoms with Crippen molar-refractivity contribution in [2.24, 2.45) is 0 Å². The summed E-state index contributed by atoms with van der Waals surface area (Å²) in [4.78, 5) is 2.44. The molecule has 1 aliphatic rings. The monoisotopic (exact) mass is 385 g/mol. The topological polar surface area (TPSA) is 12.5 Å². The molecule has 6 heteroatoms. The summed E-state index contributed by atoms with van der Waals surface area (Å²) < 4.78 is 44.9. The van der Waals surface area contributed by atoms with Gasteiger partial charge in [0, 0.05) is 13.1 Å². The third kappa shape index (κ3) is 6.89. The largest absolute Gasteiger partial charge is 0.416 e. The Morgan fingerprint density at radius 1 is 1.19 bits per heavy atom. The Kier molecular flexibility index (Phi) is 7.92. The number of hydrogen-bond donors (Lipinski definition) is 0. The van der Waals surface area contributed by atoms with Crippen LogP contribution in [-0.2, 0) is 10.9 Å². The summed E-state index contributed by atoms with van der Waals surface area (Å²) >= 11 is 0. The Labute approximate surface area is 157 Å². The minimum Gasteiger partial charge on any atom is -0.373 e. The fourth-order valence-electron chi connectivity index (χ4n) is 3.63. The second-order valence-electron chi connectivity index (χ2n) is 7.38. The third-order valence-electron chi connectivity index (χ3n) is 4.82. The third-order valence-corrected chi connectivity index (χ3v) is 6.93. The standard InChI is InChI=1S/C20H30F3NOSi/c1-15(8-6-7-11-24-12-16(2)25-17(3)13-24)14-26-19-10-5-4-9-18(19)20(21,22)23/h4-5,9-10,16-17H,1,6-8,11-14,26H2,2-3H3. The van der Waals surface area contributed by atoms with E-state index in [-0.39, 0.29) is 12.2 Å². The SMILES string of the molecule is C=C(CCCCN1CC(C)OC(C)C1)C[SiH2]c1ccccc1C(F)(F)F. The summed E-state index contributed by atoms with van der Waals surface area (Å²) in [6.45, 7) is 11.3. The number of nitrogens with zero attached hydrogens (tertiary/aromatic N) is 1. The Bertz CT molecular complexity index is 581. The zero-order valence-electron chi connectivity index (χ0n) is 15.8. The van der Waals surface area contributed by atoms with E-state index in [1.165, 1.54) is 12.1 Å². The van der Waals surface area contributed by atoms with Crippen molar-refractivity contribution in [3.05, 3.63) is 42.0 Å². The van der Waals surface area contributed by atoms with E-state index in [0.29, 0.717) is 5.19 Å². The molecule has 0 aliphatic carbocycles. The molecule has 2 atom stereocenters.